The van der Waals surface area contributed by atoms with Crippen LogP contribution in [0.15, 0.2) is 23.2 Å². The van der Waals surface area contributed by atoms with Crippen LogP contribution < -0.4 is 11.1 Å². The Morgan fingerprint density at radius 1 is 1.33 bits per heavy atom. The highest BCUT2D eigenvalue weighted by Crippen LogP contribution is 2.17. The van der Waals surface area contributed by atoms with Crippen LogP contribution in [0.1, 0.15) is 0 Å². The third-order valence-corrected chi connectivity index (χ3v) is 5.26. The molecule has 1 fully saturated rings. The molecule has 0 spiro atoms. The van der Waals surface area contributed by atoms with Gasteiger partial charge in [0, 0.05) is 39.4 Å². The van der Waals surface area contributed by atoms with Crippen LogP contribution in [0.25, 0.3) is 0 Å². The molecule has 1 saturated heterocycles. The highest BCUT2D eigenvalue weighted by atomic mass is 32.2. The number of pyridine rings is 1. The number of nitrogens with two attached hydrogens (primary N) is 1. The van der Waals surface area contributed by atoms with Gasteiger partial charge in [-0.25, -0.2) is 13.4 Å². The summed E-state index contributed by atoms with van der Waals surface area (Å²) >= 11 is 0. The van der Waals surface area contributed by atoms with Crippen molar-refractivity contribution in [1.29, 1.82) is 0 Å². The summed E-state index contributed by atoms with van der Waals surface area (Å²) in [7, 11) is -1.97. The number of nitrogens with one attached hydrogen (secondary N) is 1. The van der Waals surface area contributed by atoms with Gasteiger partial charge in [-0.05, 0) is 12.1 Å². The van der Waals surface area contributed by atoms with E-state index in [-0.39, 0.29) is 23.2 Å². The van der Waals surface area contributed by atoms with E-state index in [1.165, 1.54) is 22.6 Å². The van der Waals surface area contributed by atoms with Crippen LogP contribution in [0.2, 0.25) is 0 Å². The van der Waals surface area contributed by atoms with Crippen molar-refractivity contribution in [3.63, 3.8) is 0 Å². The van der Waals surface area contributed by atoms with Crippen LogP contribution in [0.5, 0.6) is 0 Å². The van der Waals surface area contributed by atoms with Crippen LogP contribution in [-0.4, -0.2) is 68.3 Å². The number of piperazine rings is 1. The molecule has 0 saturated carbocycles. The molecule has 9 heteroatoms. The molecule has 1 aromatic heterocycles. The van der Waals surface area contributed by atoms with E-state index in [0.717, 1.165) is 0 Å². The van der Waals surface area contributed by atoms with Crippen molar-refractivity contribution in [3.8, 4) is 0 Å². The normalized spacial score (nSPS) is 17.6. The standard InChI is InChI=1S/C12H19N5O3S/c1-14-12(18)9-16-4-6-17(7-5-16)21(19,20)10-2-3-11(13)15-8-10/h2-3,8H,4-7,9H2,1H3,(H2,13,15)(H,14,18). The highest BCUT2D eigenvalue weighted by molar-refractivity contribution is 7.89. The lowest BCUT2D eigenvalue weighted by molar-refractivity contribution is -0.122. The molecule has 0 radical (unpaired) electrons. The molecule has 0 aromatic carbocycles. The average Bonchev–Trinajstić information content (AvgIpc) is 2.48. The number of rotatable bonds is 4. The maximum atomic E-state index is 12.4. The first-order valence-electron chi connectivity index (χ1n) is 6.58. The van der Waals surface area contributed by atoms with Gasteiger partial charge in [0.1, 0.15) is 10.7 Å². The van der Waals surface area contributed by atoms with Gasteiger partial charge in [-0.2, -0.15) is 4.31 Å². The highest BCUT2D eigenvalue weighted by Gasteiger charge is 2.29. The molecule has 0 atom stereocenters. The zero-order valence-corrected chi connectivity index (χ0v) is 12.6. The summed E-state index contributed by atoms with van der Waals surface area (Å²) in [5, 5.41) is 2.55. The first-order valence-corrected chi connectivity index (χ1v) is 8.02. The van der Waals surface area contributed by atoms with E-state index in [9.17, 15) is 13.2 Å². The Morgan fingerprint density at radius 3 is 2.52 bits per heavy atom. The van der Waals surface area contributed by atoms with Gasteiger partial charge >= 0.3 is 0 Å². The summed E-state index contributed by atoms with van der Waals surface area (Å²) in [5.74, 6) is 0.207. The molecule has 1 aliphatic rings. The molecule has 3 N–H and O–H groups in total. The van der Waals surface area contributed by atoms with Gasteiger partial charge < -0.3 is 11.1 Å². The first kappa shape index (κ1) is 15.7. The summed E-state index contributed by atoms with van der Waals surface area (Å²) in [4.78, 5) is 17.2. The smallest absolute Gasteiger partial charge is 0.244 e. The third kappa shape index (κ3) is 3.69. The fourth-order valence-electron chi connectivity index (χ4n) is 2.10. The number of amides is 1. The summed E-state index contributed by atoms with van der Waals surface area (Å²) in [6.07, 6.45) is 1.27. The number of carbonyl (C=O) groups excluding carboxylic acids is 1. The Hall–Kier alpha value is -1.71. The number of nitrogen functional groups attached to an aromatic ring is 1. The minimum Gasteiger partial charge on any atom is -0.384 e. The van der Waals surface area contributed by atoms with Crippen LogP contribution in [0.4, 0.5) is 5.82 Å². The number of sulfonamides is 1. The van der Waals surface area contributed by atoms with Crippen molar-refractivity contribution < 1.29 is 13.2 Å². The molecule has 2 rings (SSSR count). The zero-order chi connectivity index (χ0) is 15.5. The lowest BCUT2D eigenvalue weighted by Gasteiger charge is -2.33. The van der Waals surface area contributed by atoms with E-state index >= 15 is 0 Å². The number of nitrogens with zero attached hydrogens (tertiary/aromatic N) is 3. The molecule has 1 amide bonds. The summed E-state index contributed by atoms with van der Waals surface area (Å²) in [5.41, 5.74) is 5.46. The minimum atomic E-state index is -3.55. The summed E-state index contributed by atoms with van der Waals surface area (Å²) in [6.45, 7) is 2.03. The molecule has 0 aliphatic carbocycles. The Bertz CT molecular complexity index is 594. The third-order valence-electron chi connectivity index (χ3n) is 3.37. The van der Waals surface area contributed by atoms with Crippen molar-refractivity contribution in [1.82, 2.24) is 19.5 Å². The maximum absolute atomic E-state index is 12.4. The number of carbonyl (C=O) groups is 1. The second-order valence-corrected chi connectivity index (χ2v) is 6.71. The largest absolute Gasteiger partial charge is 0.384 e. The topological polar surface area (TPSA) is 109 Å². The lowest BCUT2D eigenvalue weighted by Crippen LogP contribution is -2.50. The van der Waals surface area contributed by atoms with Gasteiger partial charge in [0.2, 0.25) is 15.9 Å². The van der Waals surface area contributed by atoms with Crippen molar-refractivity contribution in [2.45, 2.75) is 4.90 Å². The molecule has 1 aliphatic heterocycles. The Kier molecular flexibility index (Phi) is 4.76. The first-order chi connectivity index (χ1) is 9.93. The number of aromatic nitrogens is 1. The number of anilines is 1. The van der Waals surface area contributed by atoms with Gasteiger partial charge in [-0.3, -0.25) is 9.69 Å². The molecule has 0 bridgehead atoms. The molecular formula is C12H19N5O3S. The van der Waals surface area contributed by atoms with Gasteiger partial charge in [0.15, 0.2) is 0 Å². The van der Waals surface area contributed by atoms with Gasteiger partial charge in [0.25, 0.3) is 0 Å². The average molecular weight is 313 g/mol. The number of hydrogen-bond donors (Lipinski definition) is 2. The van der Waals surface area contributed by atoms with E-state index in [2.05, 4.69) is 10.3 Å². The van der Waals surface area contributed by atoms with E-state index in [1.54, 1.807) is 7.05 Å². The zero-order valence-electron chi connectivity index (χ0n) is 11.8. The van der Waals surface area contributed by atoms with Crippen LogP contribution in [0.3, 0.4) is 0 Å². The second-order valence-electron chi connectivity index (χ2n) is 4.77. The SMILES string of the molecule is CNC(=O)CN1CCN(S(=O)(=O)c2ccc(N)nc2)CC1. The van der Waals surface area contributed by atoms with Gasteiger partial charge in [-0.1, -0.05) is 0 Å². The molecular weight excluding hydrogens is 294 g/mol. The molecule has 8 nitrogen and oxygen atoms in total. The van der Waals surface area contributed by atoms with Crippen LogP contribution in [0, 0.1) is 0 Å². The molecule has 0 unspecified atom stereocenters. The Labute approximate surface area is 124 Å². The Morgan fingerprint density at radius 2 is 2.00 bits per heavy atom. The van der Waals surface area contributed by atoms with Gasteiger partial charge in [-0.15, -0.1) is 0 Å². The molecule has 1 aromatic rings. The lowest BCUT2D eigenvalue weighted by atomic mass is 10.3. The van der Waals surface area contributed by atoms with Crippen LogP contribution in [-0.2, 0) is 14.8 Å². The van der Waals surface area contributed by atoms with E-state index in [0.29, 0.717) is 26.2 Å². The summed E-state index contributed by atoms with van der Waals surface area (Å²) < 4.78 is 26.3. The summed E-state index contributed by atoms with van der Waals surface area (Å²) in [6, 6.07) is 2.92. The monoisotopic (exact) mass is 313 g/mol. The van der Waals surface area contributed by atoms with Crippen molar-refractivity contribution in [2.75, 3.05) is 45.5 Å². The van der Waals surface area contributed by atoms with Crippen molar-refractivity contribution in [2.24, 2.45) is 0 Å². The number of likely N-dealkylation sites (N-methyl/N-ethyl adjacent to an activating group) is 1. The predicted molar refractivity (Wildman–Crippen MR) is 77.9 cm³/mol. The van der Waals surface area contributed by atoms with Crippen molar-refractivity contribution >= 4 is 21.7 Å². The van der Waals surface area contributed by atoms with Gasteiger partial charge in [0.05, 0.1) is 6.54 Å². The Balaban J connectivity index is 2.01. The van der Waals surface area contributed by atoms with E-state index in [1.807, 2.05) is 4.90 Å². The van der Waals surface area contributed by atoms with E-state index < -0.39 is 10.0 Å². The minimum absolute atomic E-state index is 0.0750. The maximum Gasteiger partial charge on any atom is 0.244 e. The second kappa shape index (κ2) is 6.37. The van der Waals surface area contributed by atoms with Crippen molar-refractivity contribution in [3.05, 3.63) is 18.3 Å². The quantitative estimate of drug-likeness (QED) is 0.716. The molecule has 116 valence electrons. The fraction of sp³-hybridized carbons (Fsp3) is 0.500. The molecule has 2 heterocycles. The molecule has 21 heavy (non-hydrogen) atoms. The van der Waals surface area contributed by atoms with E-state index in [4.69, 9.17) is 5.73 Å². The number of hydrogen-bond acceptors (Lipinski definition) is 6. The predicted octanol–water partition coefficient (Wildman–Crippen LogP) is -1.28. The fourth-order valence-corrected chi connectivity index (χ4v) is 3.47. The van der Waals surface area contributed by atoms with Crippen LogP contribution >= 0.6 is 0 Å².